The fraction of sp³-hybridized carbons (Fsp3) is 0.562. The SMILES string of the molecule is CCOC(=O)[C@@H]1CCCN(Cc2ccc(OC)cc2F)C1. The molecule has 0 radical (unpaired) electrons. The summed E-state index contributed by atoms with van der Waals surface area (Å²) in [5, 5.41) is 0. The van der Waals surface area contributed by atoms with Crippen LogP contribution in [0.4, 0.5) is 4.39 Å². The molecule has 1 atom stereocenters. The zero-order valence-corrected chi connectivity index (χ0v) is 12.6. The van der Waals surface area contributed by atoms with Gasteiger partial charge in [0.05, 0.1) is 19.6 Å². The fourth-order valence-electron chi connectivity index (χ4n) is 2.68. The van der Waals surface area contributed by atoms with Crippen molar-refractivity contribution in [2.75, 3.05) is 26.8 Å². The van der Waals surface area contributed by atoms with Crippen LogP contribution in [0.25, 0.3) is 0 Å². The van der Waals surface area contributed by atoms with E-state index in [0.717, 1.165) is 19.4 Å². The molecule has 0 amide bonds. The Balaban J connectivity index is 1.97. The number of rotatable bonds is 5. The number of methoxy groups -OCH3 is 1. The van der Waals surface area contributed by atoms with E-state index in [0.29, 0.717) is 31.0 Å². The molecule has 0 saturated carbocycles. The lowest BCUT2D eigenvalue weighted by Crippen LogP contribution is -2.39. The van der Waals surface area contributed by atoms with Gasteiger partial charge < -0.3 is 9.47 Å². The zero-order valence-electron chi connectivity index (χ0n) is 12.6. The van der Waals surface area contributed by atoms with Gasteiger partial charge in [-0.1, -0.05) is 6.07 Å². The number of hydrogen-bond donors (Lipinski definition) is 0. The van der Waals surface area contributed by atoms with Crippen LogP contribution in [0.3, 0.4) is 0 Å². The van der Waals surface area contributed by atoms with Gasteiger partial charge in [0.25, 0.3) is 0 Å². The van der Waals surface area contributed by atoms with Gasteiger partial charge in [0.1, 0.15) is 11.6 Å². The molecule has 1 fully saturated rings. The van der Waals surface area contributed by atoms with E-state index in [4.69, 9.17) is 9.47 Å². The first-order chi connectivity index (χ1) is 10.1. The second-order valence-corrected chi connectivity index (χ2v) is 5.28. The standard InChI is InChI=1S/C16H22FNO3/c1-3-21-16(19)13-5-4-8-18(11-13)10-12-6-7-14(20-2)9-15(12)17/h6-7,9,13H,3-5,8,10-11H2,1-2H3/t13-/m1/s1. The molecular formula is C16H22FNO3. The Labute approximate surface area is 124 Å². The Bertz CT molecular complexity index is 492. The van der Waals surface area contributed by atoms with Crippen molar-refractivity contribution in [3.63, 3.8) is 0 Å². The number of carbonyl (C=O) groups is 1. The molecule has 1 saturated heterocycles. The van der Waals surface area contributed by atoms with Crippen LogP contribution in [0.2, 0.25) is 0 Å². The summed E-state index contributed by atoms with van der Waals surface area (Å²) in [4.78, 5) is 13.9. The molecule has 5 heteroatoms. The van der Waals surface area contributed by atoms with Gasteiger partial charge in [-0.25, -0.2) is 4.39 Å². The van der Waals surface area contributed by atoms with Crippen molar-refractivity contribution in [2.24, 2.45) is 5.92 Å². The van der Waals surface area contributed by atoms with Crippen LogP contribution in [0.5, 0.6) is 5.75 Å². The highest BCUT2D eigenvalue weighted by molar-refractivity contribution is 5.72. The van der Waals surface area contributed by atoms with Gasteiger partial charge >= 0.3 is 5.97 Å². The molecular weight excluding hydrogens is 273 g/mol. The predicted octanol–water partition coefficient (Wildman–Crippen LogP) is 2.61. The van der Waals surface area contributed by atoms with Gasteiger partial charge in [0, 0.05) is 24.7 Å². The Kier molecular flexibility index (Phi) is 5.56. The van der Waals surface area contributed by atoms with Crippen molar-refractivity contribution in [3.05, 3.63) is 29.6 Å². The third kappa shape index (κ3) is 4.17. The van der Waals surface area contributed by atoms with Gasteiger partial charge in [0.2, 0.25) is 0 Å². The second kappa shape index (κ2) is 7.41. The average molecular weight is 295 g/mol. The minimum atomic E-state index is -0.271. The van der Waals surface area contributed by atoms with Gasteiger partial charge in [0.15, 0.2) is 0 Å². The third-order valence-electron chi connectivity index (χ3n) is 3.78. The highest BCUT2D eigenvalue weighted by Gasteiger charge is 2.27. The smallest absolute Gasteiger partial charge is 0.310 e. The monoisotopic (exact) mass is 295 g/mol. The van der Waals surface area contributed by atoms with Crippen LogP contribution >= 0.6 is 0 Å². The number of halogens is 1. The Morgan fingerprint density at radius 2 is 2.29 bits per heavy atom. The number of hydrogen-bond acceptors (Lipinski definition) is 4. The normalized spacial score (nSPS) is 19.3. The van der Waals surface area contributed by atoms with Gasteiger partial charge in [-0.2, -0.15) is 0 Å². The maximum atomic E-state index is 14.0. The fourth-order valence-corrected chi connectivity index (χ4v) is 2.68. The Morgan fingerprint density at radius 1 is 1.48 bits per heavy atom. The molecule has 0 N–H and O–H groups in total. The molecule has 1 aromatic carbocycles. The zero-order chi connectivity index (χ0) is 15.2. The van der Waals surface area contributed by atoms with Crippen LogP contribution < -0.4 is 4.74 Å². The molecule has 1 aliphatic rings. The molecule has 1 aliphatic heterocycles. The summed E-state index contributed by atoms with van der Waals surface area (Å²) < 4.78 is 24.0. The van der Waals surface area contributed by atoms with E-state index >= 15 is 0 Å². The first-order valence-corrected chi connectivity index (χ1v) is 7.35. The number of piperidine rings is 1. The van der Waals surface area contributed by atoms with Crippen LogP contribution in [0.15, 0.2) is 18.2 Å². The molecule has 0 bridgehead atoms. The molecule has 116 valence electrons. The number of nitrogens with zero attached hydrogens (tertiary/aromatic N) is 1. The molecule has 0 aliphatic carbocycles. The topological polar surface area (TPSA) is 38.8 Å². The molecule has 1 aromatic rings. The van der Waals surface area contributed by atoms with Crippen LogP contribution in [-0.2, 0) is 16.1 Å². The lowest BCUT2D eigenvalue weighted by Gasteiger charge is -2.31. The van der Waals surface area contributed by atoms with Crippen molar-refractivity contribution in [1.82, 2.24) is 4.90 Å². The van der Waals surface area contributed by atoms with Crippen molar-refractivity contribution in [3.8, 4) is 5.75 Å². The van der Waals surface area contributed by atoms with Crippen molar-refractivity contribution in [2.45, 2.75) is 26.3 Å². The third-order valence-corrected chi connectivity index (χ3v) is 3.78. The lowest BCUT2D eigenvalue weighted by molar-refractivity contribution is -0.150. The summed E-state index contributed by atoms with van der Waals surface area (Å²) in [6.07, 6.45) is 1.78. The second-order valence-electron chi connectivity index (χ2n) is 5.28. The van der Waals surface area contributed by atoms with E-state index in [1.165, 1.54) is 13.2 Å². The highest BCUT2D eigenvalue weighted by Crippen LogP contribution is 2.22. The Hall–Kier alpha value is -1.62. The van der Waals surface area contributed by atoms with E-state index in [1.807, 2.05) is 6.92 Å². The molecule has 21 heavy (non-hydrogen) atoms. The van der Waals surface area contributed by atoms with E-state index in [9.17, 15) is 9.18 Å². The lowest BCUT2D eigenvalue weighted by atomic mass is 9.97. The van der Waals surface area contributed by atoms with Crippen LogP contribution in [0, 0.1) is 11.7 Å². The number of esters is 1. The minimum Gasteiger partial charge on any atom is -0.497 e. The van der Waals surface area contributed by atoms with Crippen LogP contribution in [-0.4, -0.2) is 37.7 Å². The molecule has 2 rings (SSSR count). The summed E-state index contributed by atoms with van der Waals surface area (Å²) in [6, 6.07) is 4.88. The predicted molar refractivity (Wildman–Crippen MR) is 77.6 cm³/mol. The van der Waals surface area contributed by atoms with Crippen molar-refractivity contribution < 1.29 is 18.7 Å². The average Bonchev–Trinajstić information content (AvgIpc) is 2.50. The molecule has 0 spiro atoms. The van der Waals surface area contributed by atoms with Crippen LogP contribution in [0.1, 0.15) is 25.3 Å². The molecule has 1 heterocycles. The van der Waals surface area contributed by atoms with Gasteiger partial charge in [-0.3, -0.25) is 9.69 Å². The first-order valence-electron chi connectivity index (χ1n) is 7.35. The summed E-state index contributed by atoms with van der Waals surface area (Å²) in [5.74, 6) is 0.00400. The van der Waals surface area contributed by atoms with Crippen molar-refractivity contribution >= 4 is 5.97 Å². The molecule has 0 unspecified atom stereocenters. The minimum absolute atomic E-state index is 0.0972. The van der Waals surface area contributed by atoms with E-state index < -0.39 is 0 Å². The first kappa shape index (κ1) is 15.8. The molecule has 0 aromatic heterocycles. The number of likely N-dealkylation sites (tertiary alicyclic amines) is 1. The quantitative estimate of drug-likeness (QED) is 0.783. The summed E-state index contributed by atoms with van der Waals surface area (Å²) in [6.45, 7) is 4.23. The van der Waals surface area contributed by atoms with Gasteiger partial charge in [-0.15, -0.1) is 0 Å². The number of carbonyl (C=O) groups excluding carboxylic acids is 1. The van der Waals surface area contributed by atoms with Gasteiger partial charge in [-0.05, 0) is 32.4 Å². The van der Waals surface area contributed by atoms with E-state index in [2.05, 4.69) is 4.90 Å². The number of benzene rings is 1. The summed E-state index contributed by atoms with van der Waals surface area (Å²) in [5.41, 5.74) is 0.625. The van der Waals surface area contributed by atoms with E-state index in [-0.39, 0.29) is 17.7 Å². The summed E-state index contributed by atoms with van der Waals surface area (Å²) >= 11 is 0. The van der Waals surface area contributed by atoms with E-state index in [1.54, 1.807) is 12.1 Å². The van der Waals surface area contributed by atoms with Crippen molar-refractivity contribution in [1.29, 1.82) is 0 Å². The number of ether oxygens (including phenoxy) is 2. The maximum absolute atomic E-state index is 14.0. The highest BCUT2D eigenvalue weighted by atomic mass is 19.1. The Morgan fingerprint density at radius 3 is 2.95 bits per heavy atom. The maximum Gasteiger partial charge on any atom is 0.310 e. The summed E-state index contributed by atoms with van der Waals surface area (Å²) in [7, 11) is 1.52. The largest absolute Gasteiger partial charge is 0.497 e. The molecule has 4 nitrogen and oxygen atoms in total.